The molecule has 248 valence electrons. The highest BCUT2D eigenvalue weighted by molar-refractivity contribution is 7.00. The first kappa shape index (κ1) is 30.2. The van der Waals surface area contributed by atoms with Gasteiger partial charge in [-0.2, -0.15) is 0 Å². The van der Waals surface area contributed by atoms with E-state index in [0.29, 0.717) is 0 Å². The van der Waals surface area contributed by atoms with Gasteiger partial charge in [-0.05, 0) is 115 Å². The van der Waals surface area contributed by atoms with Gasteiger partial charge in [0.25, 0.3) is 6.71 Å². The summed E-state index contributed by atoms with van der Waals surface area (Å²) >= 11 is 0. The molecule has 0 spiro atoms. The van der Waals surface area contributed by atoms with Gasteiger partial charge in [0.1, 0.15) is 0 Å². The predicted molar refractivity (Wildman–Crippen MR) is 214 cm³/mol. The van der Waals surface area contributed by atoms with Crippen LogP contribution in [0.1, 0.15) is 82.7 Å². The molecule has 0 radical (unpaired) electrons. The van der Waals surface area contributed by atoms with Crippen LogP contribution in [-0.2, 0) is 10.8 Å². The van der Waals surface area contributed by atoms with Gasteiger partial charge in [-0.15, -0.1) is 0 Å². The zero-order valence-corrected chi connectivity index (χ0v) is 30.6. The Morgan fingerprint density at radius 3 is 2.04 bits per heavy atom. The van der Waals surface area contributed by atoms with Gasteiger partial charge in [0, 0.05) is 50.4 Å². The van der Waals surface area contributed by atoms with Gasteiger partial charge in [0.05, 0.1) is 11.2 Å². The van der Waals surface area contributed by atoms with Gasteiger partial charge in [0.15, 0.2) is 0 Å². The van der Waals surface area contributed by atoms with E-state index >= 15 is 0 Å². The first-order valence-corrected chi connectivity index (χ1v) is 18.7. The Kier molecular flexibility index (Phi) is 6.01. The molecule has 5 aromatic carbocycles. The number of anilines is 5. The quantitative estimate of drug-likeness (QED) is 0.176. The van der Waals surface area contributed by atoms with E-state index in [0.717, 1.165) is 0 Å². The molecule has 50 heavy (non-hydrogen) atoms. The van der Waals surface area contributed by atoms with E-state index in [-0.39, 0.29) is 23.1 Å². The monoisotopic (exact) mass is 651 g/mol. The van der Waals surface area contributed by atoms with Crippen LogP contribution in [0, 0.1) is 13.8 Å². The molecule has 3 nitrogen and oxygen atoms in total. The zero-order valence-electron chi connectivity index (χ0n) is 30.6. The maximum absolute atomic E-state index is 2.85. The fourth-order valence-corrected chi connectivity index (χ4v) is 10.6. The number of nitrogens with zero attached hydrogens (tertiary/aromatic N) is 3. The second kappa shape index (κ2) is 9.97. The fourth-order valence-electron chi connectivity index (χ4n) is 10.6. The topological polar surface area (TPSA) is 11.4 Å². The Bertz CT molecular complexity index is 2340. The summed E-state index contributed by atoms with van der Waals surface area (Å²) in [5.41, 5.74) is 19.4. The Labute approximate surface area is 297 Å². The molecule has 4 heterocycles. The maximum Gasteiger partial charge on any atom is 0.252 e. The number of aryl methyl sites for hydroxylation is 1. The summed E-state index contributed by atoms with van der Waals surface area (Å²) in [7, 11) is 0. The molecular formula is C46H46BN3. The predicted octanol–water partition coefficient (Wildman–Crippen LogP) is 9.90. The third kappa shape index (κ3) is 3.67. The number of para-hydroxylation sites is 3. The van der Waals surface area contributed by atoms with Crippen LogP contribution in [-0.4, -0.2) is 16.8 Å². The number of fused-ring (bicyclic) bond motifs is 7. The number of hydrogen-bond acceptors (Lipinski definition) is 2. The summed E-state index contributed by atoms with van der Waals surface area (Å²) in [6, 6.07) is 39.3. The second-order valence-electron chi connectivity index (χ2n) is 17.0. The van der Waals surface area contributed by atoms with Crippen molar-refractivity contribution >= 4 is 62.4 Å². The molecule has 6 aromatic rings. The number of aromatic nitrogens is 1. The largest absolute Gasteiger partial charge is 0.335 e. The van der Waals surface area contributed by atoms with Gasteiger partial charge in [-0.3, -0.25) is 0 Å². The zero-order chi connectivity index (χ0) is 34.3. The molecule has 0 bridgehead atoms. The average Bonchev–Trinajstić information content (AvgIpc) is 3.49. The number of hydrogen-bond donors (Lipinski definition) is 0. The van der Waals surface area contributed by atoms with Gasteiger partial charge < -0.3 is 14.4 Å². The highest BCUT2D eigenvalue weighted by atomic mass is 15.3. The van der Waals surface area contributed by atoms with E-state index in [2.05, 4.69) is 166 Å². The highest BCUT2D eigenvalue weighted by Gasteiger charge is 2.61. The van der Waals surface area contributed by atoms with E-state index < -0.39 is 0 Å². The first-order valence-electron chi connectivity index (χ1n) is 18.7. The molecular weight excluding hydrogens is 605 g/mol. The summed E-state index contributed by atoms with van der Waals surface area (Å²) in [5.74, 6) is 0. The minimum absolute atomic E-state index is 0.0180. The summed E-state index contributed by atoms with van der Waals surface area (Å²) in [5, 5.41) is 1.40. The minimum atomic E-state index is -0.0180. The smallest absolute Gasteiger partial charge is 0.252 e. The highest BCUT2D eigenvalue weighted by Crippen LogP contribution is 2.61. The molecule has 1 aromatic heterocycles. The molecule has 4 aliphatic rings. The van der Waals surface area contributed by atoms with Crippen LogP contribution in [0.25, 0.3) is 16.6 Å². The summed E-state index contributed by atoms with van der Waals surface area (Å²) in [6.07, 6.45) is 4.98. The lowest BCUT2D eigenvalue weighted by Crippen LogP contribution is -2.64. The van der Waals surface area contributed by atoms with Crippen LogP contribution >= 0.6 is 0 Å². The van der Waals surface area contributed by atoms with Crippen molar-refractivity contribution in [2.24, 2.45) is 0 Å². The Hall–Kier alpha value is -4.70. The molecule has 1 saturated carbocycles. The van der Waals surface area contributed by atoms with Crippen molar-refractivity contribution in [3.05, 3.63) is 126 Å². The minimum Gasteiger partial charge on any atom is -0.335 e. The Balaban J connectivity index is 1.37. The van der Waals surface area contributed by atoms with E-state index in [1.54, 1.807) is 5.56 Å². The van der Waals surface area contributed by atoms with E-state index in [9.17, 15) is 0 Å². The normalized spacial score (nSPS) is 21.3. The molecule has 0 amide bonds. The SMILES string of the molecule is Cc1c(C)n2c3c(cc(C(C)(C)C)cc13)B1c3cccc4c3N(c3cc(N(c5ccccc5)c5ccccc5)cc-2c31)C1(C)CCCCC41C. The standard InChI is InChI=1S/C46H46BN3/c1-29-30(2)48-39-27-34(49(32-17-10-8-11-18-32)33-19-12-9-13-20-33)28-40-41(39)47(38-26-31(44(3,4)5)25-35(29)42(38)48)37-22-16-21-36-43(37)50(40)46(7)24-15-14-23-45(36,46)6/h8-13,16-22,25-28H,14-15,23-24H2,1-7H3. The first-order chi connectivity index (χ1) is 24.0. The summed E-state index contributed by atoms with van der Waals surface area (Å²) < 4.78 is 2.63. The molecule has 0 N–H and O–H groups in total. The van der Waals surface area contributed by atoms with Crippen LogP contribution in [0.4, 0.5) is 28.4 Å². The molecule has 4 heteroatoms. The second-order valence-corrected chi connectivity index (χ2v) is 17.0. The van der Waals surface area contributed by atoms with Gasteiger partial charge in [-0.25, -0.2) is 0 Å². The molecule has 3 aliphatic heterocycles. The molecule has 2 atom stereocenters. The van der Waals surface area contributed by atoms with E-state index in [1.807, 2.05) is 0 Å². The van der Waals surface area contributed by atoms with Gasteiger partial charge in [0.2, 0.25) is 0 Å². The Morgan fingerprint density at radius 2 is 1.36 bits per heavy atom. The van der Waals surface area contributed by atoms with Crippen LogP contribution in [0.5, 0.6) is 0 Å². The van der Waals surface area contributed by atoms with Gasteiger partial charge >= 0.3 is 0 Å². The van der Waals surface area contributed by atoms with Crippen molar-refractivity contribution in [1.82, 2.24) is 4.57 Å². The average molecular weight is 652 g/mol. The lowest BCUT2D eigenvalue weighted by molar-refractivity contribution is 0.195. The number of benzene rings is 5. The molecule has 2 unspecified atom stereocenters. The third-order valence-corrected chi connectivity index (χ3v) is 13.5. The Morgan fingerprint density at radius 1 is 0.700 bits per heavy atom. The maximum atomic E-state index is 2.85. The summed E-state index contributed by atoms with van der Waals surface area (Å²) in [4.78, 5) is 5.32. The van der Waals surface area contributed by atoms with Crippen LogP contribution < -0.4 is 26.2 Å². The van der Waals surface area contributed by atoms with Crippen LogP contribution in [0.15, 0.2) is 103 Å². The van der Waals surface area contributed by atoms with Crippen molar-refractivity contribution < 1.29 is 0 Å². The number of rotatable bonds is 3. The van der Waals surface area contributed by atoms with Crippen molar-refractivity contribution in [2.45, 2.75) is 90.5 Å². The molecule has 10 rings (SSSR count). The molecule has 1 fully saturated rings. The third-order valence-electron chi connectivity index (χ3n) is 13.5. The fraction of sp³-hybridized carbons (Fsp3) is 0.304. The lowest BCUT2D eigenvalue weighted by atomic mass is 9.33. The van der Waals surface area contributed by atoms with Crippen molar-refractivity contribution in [3.63, 3.8) is 0 Å². The van der Waals surface area contributed by atoms with E-state index in [4.69, 9.17) is 0 Å². The van der Waals surface area contributed by atoms with Gasteiger partial charge in [-0.1, -0.05) is 101 Å². The van der Waals surface area contributed by atoms with Crippen molar-refractivity contribution in [3.8, 4) is 5.69 Å². The molecule has 0 saturated heterocycles. The van der Waals surface area contributed by atoms with Crippen LogP contribution in [0.3, 0.4) is 0 Å². The lowest BCUT2D eigenvalue weighted by Gasteiger charge is -2.52. The van der Waals surface area contributed by atoms with E-state index in [1.165, 1.54) is 104 Å². The summed E-state index contributed by atoms with van der Waals surface area (Å²) in [6.45, 7) is 17.1. The van der Waals surface area contributed by atoms with Crippen LogP contribution in [0.2, 0.25) is 0 Å². The van der Waals surface area contributed by atoms with Crippen molar-refractivity contribution in [1.29, 1.82) is 0 Å². The van der Waals surface area contributed by atoms with Crippen molar-refractivity contribution in [2.75, 3.05) is 9.80 Å². The molecule has 1 aliphatic carbocycles.